The fraction of sp³-hybridized carbons (Fsp3) is 0.529. The maximum Gasteiger partial charge on any atom is 0.410 e. The number of likely N-dealkylation sites (tertiary alicyclic amines) is 1. The highest BCUT2D eigenvalue weighted by Crippen LogP contribution is 2.25. The zero-order valence-corrected chi connectivity index (χ0v) is 15.8. The van der Waals surface area contributed by atoms with E-state index in [1.807, 2.05) is 20.8 Å². The highest BCUT2D eigenvalue weighted by atomic mass is 32.1. The second-order valence-corrected chi connectivity index (χ2v) is 7.96. The fourth-order valence-corrected chi connectivity index (χ4v) is 3.09. The third-order valence-electron chi connectivity index (χ3n) is 3.55. The van der Waals surface area contributed by atoms with E-state index in [0.29, 0.717) is 30.8 Å². The van der Waals surface area contributed by atoms with Crippen LogP contribution in [-0.2, 0) is 14.3 Å². The second-order valence-electron chi connectivity index (χ2n) is 6.87. The van der Waals surface area contributed by atoms with Gasteiger partial charge in [0.15, 0.2) is 0 Å². The lowest BCUT2D eigenvalue weighted by atomic mass is 10.1. The smallest absolute Gasteiger partial charge is 0.410 e. The minimum atomic E-state index is -0.540. The Hall–Kier alpha value is -2.42. The Morgan fingerprint density at radius 2 is 1.96 bits per heavy atom. The quantitative estimate of drug-likeness (QED) is 0.341. The molecule has 1 aliphatic rings. The number of piperidine rings is 1. The van der Waals surface area contributed by atoms with E-state index in [1.165, 1.54) is 18.2 Å². The molecule has 0 bridgehead atoms. The van der Waals surface area contributed by atoms with Crippen LogP contribution >= 0.6 is 11.3 Å². The number of nitrogens with zero attached hydrogens (tertiary/aromatic N) is 2. The molecule has 142 valence electrons. The van der Waals surface area contributed by atoms with Crippen LogP contribution in [-0.4, -0.2) is 46.7 Å². The highest BCUT2D eigenvalue weighted by Gasteiger charge is 2.28. The summed E-state index contributed by atoms with van der Waals surface area (Å²) in [6.45, 7) is 6.37. The van der Waals surface area contributed by atoms with Crippen LogP contribution < -0.4 is 0 Å². The topological polar surface area (TPSA) is 99.0 Å². The SMILES string of the molecule is CC(C)(C)OC(=O)N1CCC(OC(=O)/C=C/c2ccc([N+](=O)[O-])s2)CC1. The minimum Gasteiger partial charge on any atom is -0.459 e. The number of ether oxygens (including phenoxy) is 2. The first-order valence-electron chi connectivity index (χ1n) is 8.25. The van der Waals surface area contributed by atoms with E-state index >= 15 is 0 Å². The molecule has 9 heteroatoms. The minimum absolute atomic E-state index is 0.0209. The van der Waals surface area contributed by atoms with Gasteiger partial charge in [0.1, 0.15) is 11.7 Å². The predicted octanol–water partition coefficient (Wildman–Crippen LogP) is 3.61. The predicted molar refractivity (Wildman–Crippen MR) is 96.9 cm³/mol. The Balaban J connectivity index is 1.77. The Morgan fingerprint density at radius 1 is 1.31 bits per heavy atom. The standard InChI is InChI=1S/C17H22N2O6S/c1-17(2,3)25-16(21)18-10-8-12(9-11-18)24-15(20)7-5-13-4-6-14(26-13)19(22)23/h4-7,12H,8-11H2,1-3H3/b7-5+. The van der Waals surface area contributed by atoms with Gasteiger partial charge in [0.05, 0.1) is 4.92 Å². The van der Waals surface area contributed by atoms with Crippen molar-refractivity contribution in [3.05, 3.63) is 33.2 Å². The average molecular weight is 382 g/mol. The molecule has 0 spiro atoms. The van der Waals surface area contributed by atoms with Crippen molar-refractivity contribution in [1.29, 1.82) is 0 Å². The highest BCUT2D eigenvalue weighted by molar-refractivity contribution is 7.16. The number of esters is 1. The van der Waals surface area contributed by atoms with Gasteiger partial charge >= 0.3 is 17.1 Å². The van der Waals surface area contributed by atoms with Gasteiger partial charge in [-0.25, -0.2) is 9.59 Å². The molecule has 1 aromatic rings. The third-order valence-corrected chi connectivity index (χ3v) is 4.55. The molecule has 8 nitrogen and oxygen atoms in total. The van der Waals surface area contributed by atoms with Crippen LogP contribution in [0, 0.1) is 10.1 Å². The van der Waals surface area contributed by atoms with Gasteiger partial charge in [-0.1, -0.05) is 11.3 Å². The van der Waals surface area contributed by atoms with Crippen molar-refractivity contribution in [3.63, 3.8) is 0 Å². The molecular formula is C17H22N2O6S. The lowest BCUT2D eigenvalue weighted by Gasteiger charge is -2.33. The molecule has 1 aromatic heterocycles. The van der Waals surface area contributed by atoms with Crippen molar-refractivity contribution >= 4 is 34.5 Å². The lowest BCUT2D eigenvalue weighted by molar-refractivity contribution is -0.380. The molecule has 0 N–H and O–H groups in total. The van der Waals surface area contributed by atoms with E-state index in [0.717, 1.165) is 11.3 Å². The number of rotatable bonds is 4. The summed E-state index contributed by atoms with van der Waals surface area (Å²) in [6, 6.07) is 2.97. The number of carbonyl (C=O) groups excluding carboxylic acids is 2. The maximum absolute atomic E-state index is 12.0. The van der Waals surface area contributed by atoms with Crippen LogP contribution in [0.2, 0.25) is 0 Å². The third kappa shape index (κ3) is 6.14. The van der Waals surface area contributed by atoms with Crippen LogP contribution in [0.3, 0.4) is 0 Å². The van der Waals surface area contributed by atoms with Crippen LogP contribution in [0.5, 0.6) is 0 Å². The maximum atomic E-state index is 12.0. The summed E-state index contributed by atoms with van der Waals surface area (Å²) in [5.41, 5.74) is -0.540. The molecule has 0 saturated carbocycles. The zero-order valence-electron chi connectivity index (χ0n) is 15.0. The van der Waals surface area contributed by atoms with Crippen LogP contribution in [0.25, 0.3) is 6.08 Å². The van der Waals surface area contributed by atoms with Crippen molar-refractivity contribution in [3.8, 4) is 0 Å². The summed E-state index contributed by atoms with van der Waals surface area (Å²) in [5, 5.41) is 10.7. The normalized spacial score (nSPS) is 15.9. The molecule has 0 aliphatic carbocycles. The van der Waals surface area contributed by atoms with E-state index in [2.05, 4.69) is 0 Å². The molecule has 1 fully saturated rings. The number of thiophene rings is 1. The van der Waals surface area contributed by atoms with Gasteiger partial charge in [0.2, 0.25) is 0 Å². The molecule has 0 radical (unpaired) electrons. The molecule has 2 heterocycles. The average Bonchev–Trinajstić information content (AvgIpc) is 3.01. The summed E-state index contributed by atoms with van der Waals surface area (Å²) in [7, 11) is 0. The van der Waals surface area contributed by atoms with Gasteiger partial charge in [0.25, 0.3) is 0 Å². The summed E-state index contributed by atoms with van der Waals surface area (Å²) >= 11 is 0.985. The molecule has 1 aliphatic heterocycles. The van der Waals surface area contributed by atoms with Crippen molar-refractivity contribution in [2.24, 2.45) is 0 Å². The first-order chi connectivity index (χ1) is 12.1. The van der Waals surface area contributed by atoms with E-state index < -0.39 is 16.5 Å². The second kappa shape index (κ2) is 8.31. The van der Waals surface area contributed by atoms with Gasteiger partial charge in [-0.3, -0.25) is 10.1 Å². The first kappa shape index (κ1) is 19.9. The molecule has 1 saturated heterocycles. The number of hydrogen-bond acceptors (Lipinski definition) is 7. The van der Waals surface area contributed by atoms with Gasteiger partial charge in [-0.15, -0.1) is 0 Å². The van der Waals surface area contributed by atoms with Crippen molar-refractivity contribution in [2.45, 2.75) is 45.3 Å². The molecule has 26 heavy (non-hydrogen) atoms. The largest absolute Gasteiger partial charge is 0.459 e. The summed E-state index contributed by atoms with van der Waals surface area (Å²) < 4.78 is 10.7. The molecule has 2 rings (SSSR count). The fourth-order valence-electron chi connectivity index (χ4n) is 2.37. The van der Waals surface area contributed by atoms with Crippen LogP contribution in [0.15, 0.2) is 18.2 Å². The van der Waals surface area contributed by atoms with Gasteiger partial charge in [-0.2, -0.15) is 0 Å². The van der Waals surface area contributed by atoms with E-state index in [9.17, 15) is 19.7 Å². The van der Waals surface area contributed by atoms with E-state index in [-0.39, 0.29) is 17.2 Å². The number of carbonyl (C=O) groups is 2. The Kier molecular flexibility index (Phi) is 6.36. The molecule has 0 aromatic carbocycles. The first-order valence-corrected chi connectivity index (χ1v) is 9.06. The monoisotopic (exact) mass is 382 g/mol. The Bertz CT molecular complexity index is 698. The Labute approximate surface area is 155 Å². The van der Waals surface area contributed by atoms with Gasteiger partial charge in [0, 0.05) is 43.0 Å². The van der Waals surface area contributed by atoms with Crippen LogP contribution in [0.1, 0.15) is 38.5 Å². The van der Waals surface area contributed by atoms with Gasteiger partial charge in [-0.05, 0) is 32.9 Å². The molecule has 0 unspecified atom stereocenters. The summed E-state index contributed by atoms with van der Waals surface area (Å²) in [6.07, 6.45) is 3.23. The number of amides is 1. The lowest BCUT2D eigenvalue weighted by Crippen LogP contribution is -2.43. The van der Waals surface area contributed by atoms with Crippen LogP contribution in [0.4, 0.5) is 9.80 Å². The molecular weight excluding hydrogens is 360 g/mol. The summed E-state index contributed by atoms with van der Waals surface area (Å²) in [5.74, 6) is -0.503. The summed E-state index contributed by atoms with van der Waals surface area (Å²) in [4.78, 5) is 36.2. The van der Waals surface area contributed by atoms with Crippen molar-refractivity contribution in [2.75, 3.05) is 13.1 Å². The van der Waals surface area contributed by atoms with E-state index in [1.54, 1.807) is 11.0 Å². The van der Waals surface area contributed by atoms with Crippen molar-refractivity contribution < 1.29 is 24.0 Å². The van der Waals surface area contributed by atoms with Gasteiger partial charge < -0.3 is 14.4 Å². The number of hydrogen-bond donors (Lipinski definition) is 0. The molecule has 0 atom stereocenters. The van der Waals surface area contributed by atoms with E-state index in [4.69, 9.17) is 9.47 Å². The molecule has 1 amide bonds. The van der Waals surface area contributed by atoms with Crippen molar-refractivity contribution in [1.82, 2.24) is 4.90 Å². The number of nitro groups is 1. The Morgan fingerprint density at radius 3 is 2.50 bits per heavy atom. The zero-order chi connectivity index (χ0) is 19.3.